The zero-order chi connectivity index (χ0) is 15.0. The van der Waals surface area contributed by atoms with Crippen molar-refractivity contribution in [2.24, 2.45) is 0 Å². The van der Waals surface area contributed by atoms with Crippen LogP contribution in [0.15, 0.2) is 44.7 Å². The van der Waals surface area contributed by atoms with Crippen LogP contribution in [0, 0.1) is 6.92 Å². The minimum absolute atomic E-state index is 0.123. The fourth-order valence-corrected chi connectivity index (χ4v) is 3.98. The first-order valence-corrected chi connectivity index (χ1v) is 8.57. The summed E-state index contributed by atoms with van der Waals surface area (Å²) in [5.74, 6) is -0.123. The van der Waals surface area contributed by atoms with Crippen molar-refractivity contribution >= 4 is 65.7 Å². The van der Waals surface area contributed by atoms with Gasteiger partial charge < -0.3 is 5.32 Å². The Labute approximate surface area is 142 Å². The van der Waals surface area contributed by atoms with E-state index in [0.717, 1.165) is 30.5 Å². The molecule has 0 unspecified atom stereocenters. The second-order valence-electron chi connectivity index (χ2n) is 4.51. The molecule has 0 radical (unpaired) electrons. The number of pyridine rings is 1. The number of nitrogens with one attached hydrogen (secondary N) is 1. The van der Waals surface area contributed by atoms with Crippen LogP contribution in [-0.2, 0) is 0 Å². The van der Waals surface area contributed by atoms with E-state index in [0.29, 0.717) is 4.88 Å². The van der Waals surface area contributed by atoms with Gasteiger partial charge in [0.05, 0.1) is 19.9 Å². The molecule has 0 bridgehead atoms. The summed E-state index contributed by atoms with van der Waals surface area (Å²) in [6, 6.07) is 11.5. The number of amides is 1. The number of fused-ring (bicyclic) bond motifs is 1. The van der Waals surface area contributed by atoms with E-state index in [1.165, 1.54) is 11.3 Å². The number of hydrogen-bond acceptors (Lipinski definition) is 3. The third kappa shape index (κ3) is 3.02. The first-order valence-electron chi connectivity index (χ1n) is 6.17. The predicted octanol–water partition coefficient (Wildman–Crippen LogP) is 5.38. The maximum absolute atomic E-state index is 12.4. The third-order valence-corrected chi connectivity index (χ3v) is 6.22. The third-order valence-electron chi connectivity index (χ3n) is 2.96. The van der Waals surface area contributed by atoms with Gasteiger partial charge in [-0.15, -0.1) is 11.3 Å². The maximum Gasteiger partial charge on any atom is 0.265 e. The molecule has 3 aromatic rings. The molecule has 2 heterocycles. The number of rotatable bonds is 2. The van der Waals surface area contributed by atoms with Crippen molar-refractivity contribution in [3.8, 4) is 0 Å². The molecule has 6 heteroatoms. The maximum atomic E-state index is 12.4. The number of thiophene rings is 1. The SMILES string of the molecule is Cc1cc(NC(=O)c2cc(Br)c(Br)s2)c2ccccc2n1. The zero-order valence-electron chi connectivity index (χ0n) is 11.0. The summed E-state index contributed by atoms with van der Waals surface area (Å²) in [4.78, 5) is 17.5. The van der Waals surface area contributed by atoms with Gasteiger partial charge in [0, 0.05) is 15.6 Å². The second kappa shape index (κ2) is 5.87. The molecule has 2 aromatic heterocycles. The smallest absolute Gasteiger partial charge is 0.265 e. The fraction of sp³-hybridized carbons (Fsp3) is 0.0667. The molecule has 1 aromatic carbocycles. The standard InChI is InChI=1S/C15H10Br2N2OS/c1-8-6-12(9-4-2-3-5-11(9)18-8)19-15(20)13-7-10(16)14(17)21-13/h2-7H,1H3,(H,18,19,20). The van der Waals surface area contributed by atoms with Crippen LogP contribution in [0.5, 0.6) is 0 Å². The van der Waals surface area contributed by atoms with Crippen LogP contribution in [0.1, 0.15) is 15.4 Å². The Bertz CT molecular complexity index is 825. The number of aromatic nitrogens is 1. The number of benzene rings is 1. The molecule has 0 fully saturated rings. The average molecular weight is 426 g/mol. The second-order valence-corrected chi connectivity index (χ2v) is 7.74. The molecular formula is C15H10Br2N2OS. The Hall–Kier alpha value is -1.24. The topological polar surface area (TPSA) is 42.0 Å². The summed E-state index contributed by atoms with van der Waals surface area (Å²) in [5, 5.41) is 3.91. The molecular weight excluding hydrogens is 416 g/mol. The fourth-order valence-electron chi connectivity index (χ4n) is 2.05. The molecule has 0 saturated carbocycles. The molecule has 1 N–H and O–H groups in total. The van der Waals surface area contributed by atoms with Crippen LogP contribution >= 0.6 is 43.2 Å². The van der Waals surface area contributed by atoms with Crippen LogP contribution in [0.2, 0.25) is 0 Å². The lowest BCUT2D eigenvalue weighted by atomic mass is 10.1. The molecule has 21 heavy (non-hydrogen) atoms. The van der Waals surface area contributed by atoms with Gasteiger partial charge in [-0.2, -0.15) is 0 Å². The normalized spacial score (nSPS) is 10.8. The number of hydrogen-bond donors (Lipinski definition) is 1. The number of aryl methyl sites for hydroxylation is 1. The van der Waals surface area contributed by atoms with E-state index in [2.05, 4.69) is 42.2 Å². The van der Waals surface area contributed by atoms with Crippen molar-refractivity contribution in [3.05, 3.63) is 55.2 Å². The molecule has 0 aliphatic carbocycles. The zero-order valence-corrected chi connectivity index (χ0v) is 15.0. The largest absolute Gasteiger partial charge is 0.321 e. The summed E-state index contributed by atoms with van der Waals surface area (Å²) in [6.07, 6.45) is 0. The Kier molecular flexibility index (Phi) is 4.10. The van der Waals surface area contributed by atoms with Gasteiger partial charge in [-0.3, -0.25) is 9.78 Å². The molecule has 0 aliphatic heterocycles. The molecule has 3 nitrogen and oxygen atoms in total. The predicted molar refractivity (Wildman–Crippen MR) is 94.2 cm³/mol. The lowest BCUT2D eigenvalue weighted by Crippen LogP contribution is -2.11. The van der Waals surface area contributed by atoms with E-state index in [1.807, 2.05) is 37.3 Å². The first-order chi connectivity index (χ1) is 10.0. The molecule has 0 saturated heterocycles. The van der Waals surface area contributed by atoms with Crippen LogP contribution in [0.4, 0.5) is 5.69 Å². The van der Waals surface area contributed by atoms with Gasteiger partial charge in [0.25, 0.3) is 5.91 Å². The monoisotopic (exact) mass is 424 g/mol. The number of carbonyl (C=O) groups excluding carboxylic acids is 1. The van der Waals surface area contributed by atoms with E-state index in [1.54, 1.807) is 6.07 Å². The Morgan fingerprint density at radius 2 is 2.00 bits per heavy atom. The van der Waals surface area contributed by atoms with E-state index in [-0.39, 0.29) is 5.91 Å². The van der Waals surface area contributed by atoms with Gasteiger partial charge in [-0.25, -0.2) is 0 Å². The lowest BCUT2D eigenvalue weighted by Gasteiger charge is -2.08. The van der Waals surface area contributed by atoms with E-state index in [4.69, 9.17) is 0 Å². The van der Waals surface area contributed by atoms with Crippen LogP contribution < -0.4 is 5.32 Å². The number of para-hydroxylation sites is 1. The van der Waals surface area contributed by atoms with Crippen molar-refractivity contribution in [2.45, 2.75) is 6.92 Å². The Morgan fingerprint density at radius 3 is 2.71 bits per heavy atom. The van der Waals surface area contributed by atoms with E-state index in [9.17, 15) is 4.79 Å². The highest BCUT2D eigenvalue weighted by Crippen LogP contribution is 2.33. The van der Waals surface area contributed by atoms with Crippen LogP contribution in [0.25, 0.3) is 10.9 Å². The molecule has 0 spiro atoms. The van der Waals surface area contributed by atoms with Crippen molar-refractivity contribution in [3.63, 3.8) is 0 Å². The number of halogens is 2. The highest BCUT2D eigenvalue weighted by Gasteiger charge is 2.14. The highest BCUT2D eigenvalue weighted by atomic mass is 79.9. The average Bonchev–Trinajstić information content (AvgIpc) is 2.78. The summed E-state index contributed by atoms with van der Waals surface area (Å²) in [5.41, 5.74) is 2.53. The van der Waals surface area contributed by atoms with E-state index >= 15 is 0 Å². The summed E-state index contributed by atoms with van der Waals surface area (Å²) in [6.45, 7) is 1.92. The molecule has 0 atom stereocenters. The van der Waals surface area contributed by atoms with Gasteiger partial charge in [0.2, 0.25) is 0 Å². The first kappa shape index (κ1) is 14.7. The van der Waals surface area contributed by atoms with Gasteiger partial charge in [0.1, 0.15) is 0 Å². The minimum atomic E-state index is -0.123. The molecule has 106 valence electrons. The van der Waals surface area contributed by atoms with Gasteiger partial charge in [-0.05, 0) is 57.0 Å². The van der Waals surface area contributed by atoms with Crippen molar-refractivity contribution in [1.29, 1.82) is 0 Å². The molecule has 3 rings (SSSR count). The number of carbonyl (C=O) groups is 1. The van der Waals surface area contributed by atoms with Crippen LogP contribution in [0.3, 0.4) is 0 Å². The molecule has 0 aliphatic rings. The summed E-state index contributed by atoms with van der Waals surface area (Å²) in [7, 11) is 0. The minimum Gasteiger partial charge on any atom is -0.321 e. The lowest BCUT2D eigenvalue weighted by molar-refractivity contribution is 0.103. The molecule has 1 amide bonds. The van der Waals surface area contributed by atoms with Crippen LogP contribution in [-0.4, -0.2) is 10.9 Å². The highest BCUT2D eigenvalue weighted by molar-refractivity contribution is 9.13. The number of nitrogens with zero attached hydrogens (tertiary/aromatic N) is 1. The summed E-state index contributed by atoms with van der Waals surface area (Å²) < 4.78 is 1.79. The Morgan fingerprint density at radius 1 is 1.24 bits per heavy atom. The quantitative estimate of drug-likeness (QED) is 0.598. The Balaban J connectivity index is 1.99. The van der Waals surface area contributed by atoms with Gasteiger partial charge in [0.15, 0.2) is 0 Å². The summed E-state index contributed by atoms with van der Waals surface area (Å²) >= 11 is 8.19. The van der Waals surface area contributed by atoms with E-state index < -0.39 is 0 Å². The number of anilines is 1. The van der Waals surface area contributed by atoms with Crippen molar-refractivity contribution < 1.29 is 4.79 Å². The van der Waals surface area contributed by atoms with Crippen molar-refractivity contribution in [2.75, 3.05) is 5.32 Å². The van der Waals surface area contributed by atoms with Gasteiger partial charge in [-0.1, -0.05) is 18.2 Å². The van der Waals surface area contributed by atoms with Crippen molar-refractivity contribution in [1.82, 2.24) is 4.98 Å². The van der Waals surface area contributed by atoms with Gasteiger partial charge >= 0.3 is 0 Å².